The van der Waals surface area contributed by atoms with E-state index in [1.807, 2.05) is 18.2 Å². The van der Waals surface area contributed by atoms with Crippen molar-refractivity contribution in [3.8, 4) is 6.07 Å². The number of hydrogen-bond donors (Lipinski definition) is 0. The maximum Gasteiger partial charge on any atom is 0.0991 e. The van der Waals surface area contributed by atoms with Gasteiger partial charge >= 0.3 is 0 Å². The van der Waals surface area contributed by atoms with Crippen LogP contribution in [-0.2, 0) is 13.1 Å². The van der Waals surface area contributed by atoms with E-state index < -0.39 is 0 Å². The van der Waals surface area contributed by atoms with Crippen LogP contribution in [0.5, 0.6) is 0 Å². The molecule has 0 unspecified atom stereocenters. The molecule has 110 valence electrons. The highest BCUT2D eigenvalue weighted by atomic mass is 32.1. The maximum absolute atomic E-state index is 9.01. The van der Waals surface area contributed by atoms with Gasteiger partial charge in [0.25, 0.3) is 0 Å². The molecule has 0 spiro atoms. The largest absolute Gasteiger partial charge is 0.308 e. The standard InChI is InChI=1S/C17H21N3S/c1-19(2)7-8-20(13-17-6-9-21-14-17)12-16-5-3-4-15(10-16)11-18/h3-6,9-10,14H,7-8,12-13H2,1-2H3. The molecule has 0 amide bonds. The van der Waals surface area contributed by atoms with Crippen LogP contribution in [-0.4, -0.2) is 37.0 Å². The quantitative estimate of drug-likeness (QED) is 0.786. The van der Waals surface area contributed by atoms with E-state index in [0.717, 1.165) is 31.7 Å². The zero-order chi connectivity index (χ0) is 15.1. The van der Waals surface area contributed by atoms with Gasteiger partial charge in [0.1, 0.15) is 0 Å². The fourth-order valence-electron chi connectivity index (χ4n) is 2.19. The van der Waals surface area contributed by atoms with E-state index in [1.165, 1.54) is 11.1 Å². The maximum atomic E-state index is 9.01. The number of rotatable bonds is 7. The molecule has 0 bridgehead atoms. The summed E-state index contributed by atoms with van der Waals surface area (Å²) in [6.07, 6.45) is 0. The molecule has 21 heavy (non-hydrogen) atoms. The van der Waals surface area contributed by atoms with Gasteiger partial charge in [-0.25, -0.2) is 0 Å². The summed E-state index contributed by atoms with van der Waals surface area (Å²) in [5.41, 5.74) is 3.29. The van der Waals surface area contributed by atoms with Gasteiger partial charge in [0, 0.05) is 26.2 Å². The summed E-state index contributed by atoms with van der Waals surface area (Å²) in [6.45, 7) is 3.87. The third kappa shape index (κ3) is 5.31. The predicted molar refractivity (Wildman–Crippen MR) is 88.1 cm³/mol. The van der Waals surface area contributed by atoms with Gasteiger partial charge in [-0.15, -0.1) is 0 Å². The molecule has 2 rings (SSSR count). The zero-order valence-corrected chi connectivity index (χ0v) is 13.4. The van der Waals surface area contributed by atoms with Gasteiger partial charge in [0.2, 0.25) is 0 Å². The first-order chi connectivity index (χ1) is 10.2. The van der Waals surface area contributed by atoms with Crippen molar-refractivity contribution in [1.29, 1.82) is 5.26 Å². The smallest absolute Gasteiger partial charge is 0.0991 e. The Morgan fingerprint density at radius 1 is 1.10 bits per heavy atom. The average Bonchev–Trinajstić information content (AvgIpc) is 2.98. The Hall–Kier alpha value is -1.67. The lowest BCUT2D eigenvalue weighted by Gasteiger charge is -2.24. The highest BCUT2D eigenvalue weighted by Crippen LogP contribution is 2.13. The van der Waals surface area contributed by atoms with E-state index in [0.29, 0.717) is 0 Å². The normalized spacial score (nSPS) is 11.0. The van der Waals surface area contributed by atoms with Crippen molar-refractivity contribution in [3.63, 3.8) is 0 Å². The van der Waals surface area contributed by atoms with Crippen LogP contribution >= 0.6 is 11.3 Å². The first-order valence-electron chi connectivity index (χ1n) is 7.04. The molecule has 1 heterocycles. The summed E-state index contributed by atoms with van der Waals surface area (Å²) in [5, 5.41) is 13.3. The first kappa shape index (κ1) is 15.7. The molecular formula is C17H21N3S. The number of likely N-dealkylation sites (N-methyl/N-ethyl adjacent to an activating group) is 1. The van der Waals surface area contributed by atoms with Crippen LogP contribution in [0.4, 0.5) is 0 Å². The van der Waals surface area contributed by atoms with Gasteiger partial charge in [-0.2, -0.15) is 16.6 Å². The molecule has 0 atom stereocenters. The molecule has 0 aliphatic rings. The topological polar surface area (TPSA) is 30.3 Å². The van der Waals surface area contributed by atoms with Crippen molar-refractivity contribution >= 4 is 11.3 Å². The molecule has 0 saturated heterocycles. The highest BCUT2D eigenvalue weighted by Gasteiger charge is 2.08. The highest BCUT2D eigenvalue weighted by molar-refractivity contribution is 7.07. The SMILES string of the molecule is CN(C)CCN(Cc1ccsc1)Cc1cccc(C#N)c1. The number of nitrogens with zero attached hydrogens (tertiary/aromatic N) is 3. The Morgan fingerprint density at radius 2 is 1.90 bits per heavy atom. The second-order valence-electron chi connectivity index (χ2n) is 5.46. The van der Waals surface area contributed by atoms with Crippen LogP contribution < -0.4 is 0 Å². The summed E-state index contributed by atoms with van der Waals surface area (Å²) >= 11 is 1.74. The van der Waals surface area contributed by atoms with Crippen molar-refractivity contribution in [1.82, 2.24) is 9.80 Å². The van der Waals surface area contributed by atoms with Crippen LogP contribution in [0.3, 0.4) is 0 Å². The average molecular weight is 299 g/mol. The van der Waals surface area contributed by atoms with Crippen LogP contribution in [0.1, 0.15) is 16.7 Å². The molecule has 0 N–H and O–H groups in total. The van der Waals surface area contributed by atoms with E-state index >= 15 is 0 Å². The van der Waals surface area contributed by atoms with Crippen LogP contribution in [0.25, 0.3) is 0 Å². The van der Waals surface area contributed by atoms with Crippen molar-refractivity contribution in [2.24, 2.45) is 0 Å². The molecule has 0 aliphatic carbocycles. The molecule has 0 saturated carbocycles. The molecule has 1 aromatic heterocycles. The van der Waals surface area contributed by atoms with Gasteiger partial charge < -0.3 is 4.90 Å². The second-order valence-corrected chi connectivity index (χ2v) is 6.24. The summed E-state index contributed by atoms with van der Waals surface area (Å²) in [6, 6.07) is 12.3. The monoisotopic (exact) mass is 299 g/mol. The minimum Gasteiger partial charge on any atom is -0.308 e. The molecule has 0 fully saturated rings. The van der Waals surface area contributed by atoms with Gasteiger partial charge in [0.05, 0.1) is 11.6 Å². The lowest BCUT2D eigenvalue weighted by atomic mass is 10.1. The Kier molecular flexibility index (Phi) is 5.94. The molecule has 3 nitrogen and oxygen atoms in total. The lowest BCUT2D eigenvalue weighted by Crippen LogP contribution is -2.31. The summed E-state index contributed by atoms with van der Waals surface area (Å²) in [4.78, 5) is 4.63. The van der Waals surface area contributed by atoms with Crippen LogP contribution in [0.15, 0.2) is 41.1 Å². The molecule has 4 heteroatoms. The van der Waals surface area contributed by atoms with Gasteiger partial charge in [-0.1, -0.05) is 12.1 Å². The van der Waals surface area contributed by atoms with E-state index in [-0.39, 0.29) is 0 Å². The minimum atomic E-state index is 0.732. The molecule has 2 aromatic rings. The third-order valence-electron chi connectivity index (χ3n) is 3.31. The Bertz CT molecular complexity index is 584. The number of nitriles is 1. The summed E-state index contributed by atoms with van der Waals surface area (Å²) < 4.78 is 0. The number of hydrogen-bond acceptors (Lipinski definition) is 4. The van der Waals surface area contributed by atoms with Gasteiger partial charge in [0.15, 0.2) is 0 Å². The van der Waals surface area contributed by atoms with E-state index in [2.05, 4.69) is 52.9 Å². The van der Waals surface area contributed by atoms with Crippen molar-refractivity contribution in [3.05, 3.63) is 57.8 Å². The number of benzene rings is 1. The van der Waals surface area contributed by atoms with Crippen LogP contribution in [0.2, 0.25) is 0 Å². The van der Waals surface area contributed by atoms with Crippen molar-refractivity contribution in [2.45, 2.75) is 13.1 Å². The fourth-order valence-corrected chi connectivity index (χ4v) is 2.85. The third-order valence-corrected chi connectivity index (χ3v) is 4.04. The van der Waals surface area contributed by atoms with Crippen LogP contribution in [0, 0.1) is 11.3 Å². The van der Waals surface area contributed by atoms with Crippen molar-refractivity contribution < 1.29 is 0 Å². The van der Waals surface area contributed by atoms with E-state index in [4.69, 9.17) is 5.26 Å². The summed E-state index contributed by atoms with van der Waals surface area (Å²) in [5.74, 6) is 0. The Morgan fingerprint density at radius 3 is 2.57 bits per heavy atom. The lowest BCUT2D eigenvalue weighted by molar-refractivity contribution is 0.226. The zero-order valence-electron chi connectivity index (χ0n) is 12.6. The summed E-state index contributed by atoms with van der Waals surface area (Å²) in [7, 11) is 4.19. The first-order valence-corrected chi connectivity index (χ1v) is 7.99. The second kappa shape index (κ2) is 7.94. The molecule has 0 radical (unpaired) electrons. The van der Waals surface area contributed by atoms with E-state index in [1.54, 1.807) is 11.3 Å². The Balaban J connectivity index is 2.05. The molecule has 0 aliphatic heterocycles. The van der Waals surface area contributed by atoms with E-state index in [9.17, 15) is 0 Å². The molecule has 1 aromatic carbocycles. The van der Waals surface area contributed by atoms with Gasteiger partial charge in [-0.05, 0) is 54.2 Å². The molecular weight excluding hydrogens is 278 g/mol. The predicted octanol–water partition coefficient (Wildman–Crippen LogP) is 3.18. The Labute approximate surface area is 131 Å². The number of thiophene rings is 1. The fraction of sp³-hybridized carbons (Fsp3) is 0.353. The van der Waals surface area contributed by atoms with Crippen molar-refractivity contribution in [2.75, 3.05) is 27.2 Å². The minimum absolute atomic E-state index is 0.732. The van der Waals surface area contributed by atoms with Gasteiger partial charge in [-0.3, -0.25) is 4.90 Å².